The number of aryl methyl sites for hydroxylation is 1. The monoisotopic (exact) mass is 253 g/mol. The van der Waals surface area contributed by atoms with E-state index in [1.54, 1.807) is 12.5 Å². The Kier molecular flexibility index (Phi) is 5.85. The van der Waals surface area contributed by atoms with Crippen molar-refractivity contribution in [2.75, 3.05) is 13.2 Å². The maximum Gasteiger partial charge on any atom is 0.220 e. The highest BCUT2D eigenvalue weighted by Crippen LogP contribution is 2.17. The Morgan fingerprint density at radius 1 is 1.50 bits per heavy atom. The molecule has 0 aliphatic carbocycles. The first-order chi connectivity index (χ1) is 8.53. The van der Waals surface area contributed by atoms with Gasteiger partial charge in [0, 0.05) is 38.5 Å². The molecular formula is C13H23N3O2. The molecule has 0 saturated carbocycles. The predicted octanol–water partition coefficient (Wildman–Crippen LogP) is 1.19. The summed E-state index contributed by atoms with van der Waals surface area (Å²) in [6, 6.07) is 0. The number of carbonyl (C=O) groups excluding carboxylic acids is 1. The molecule has 0 fully saturated rings. The maximum atomic E-state index is 11.6. The van der Waals surface area contributed by atoms with Crippen molar-refractivity contribution in [3.8, 4) is 0 Å². The molecule has 0 aliphatic rings. The standard InChI is InChI=1S/C13H23N3O2/c1-13(2,5-9-17)10-15-12(18)4-3-7-16-8-6-14-11-16/h6,8,11,17H,3-5,7,9-10H2,1-2H3,(H,15,18). The second kappa shape index (κ2) is 7.16. The zero-order valence-electron chi connectivity index (χ0n) is 11.2. The van der Waals surface area contributed by atoms with E-state index in [0.29, 0.717) is 19.4 Å². The van der Waals surface area contributed by atoms with Crippen molar-refractivity contribution in [2.24, 2.45) is 5.41 Å². The summed E-state index contributed by atoms with van der Waals surface area (Å²) in [5.41, 5.74) is -0.0469. The Bertz CT molecular complexity index is 347. The molecule has 5 nitrogen and oxygen atoms in total. The molecule has 0 atom stereocenters. The van der Waals surface area contributed by atoms with Crippen molar-refractivity contribution >= 4 is 5.91 Å². The molecule has 1 aromatic heterocycles. The SMILES string of the molecule is CC(C)(CCO)CNC(=O)CCCn1ccnc1. The summed E-state index contributed by atoms with van der Waals surface area (Å²) in [5, 5.41) is 11.8. The van der Waals surface area contributed by atoms with Crippen LogP contribution in [-0.4, -0.2) is 33.7 Å². The number of imidazole rings is 1. The van der Waals surface area contributed by atoms with Crippen molar-refractivity contribution in [1.82, 2.24) is 14.9 Å². The third kappa shape index (κ3) is 5.82. The van der Waals surface area contributed by atoms with Crippen LogP contribution in [0.2, 0.25) is 0 Å². The molecule has 0 radical (unpaired) electrons. The Balaban J connectivity index is 2.14. The number of nitrogens with one attached hydrogen (secondary N) is 1. The largest absolute Gasteiger partial charge is 0.396 e. The van der Waals surface area contributed by atoms with Gasteiger partial charge in [-0.05, 0) is 18.3 Å². The molecule has 102 valence electrons. The van der Waals surface area contributed by atoms with E-state index in [-0.39, 0.29) is 17.9 Å². The minimum absolute atomic E-state index is 0.0469. The van der Waals surface area contributed by atoms with E-state index in [4.69, 9.17) is 5.11 Å². The van der Waals surface area contributed by atoms with Crippen LogP contribution in [0.1, 0.15) is 33.1 Å². The van der Waals surface area contributed by atoms with Crippen LogP contribution < -0.4 is 5.32 Å². The molecule has 0 spiro atoms. The molecule has 1 rings (SSSR count). The third-order valence-corrected chi connectivity index (χ3v) is 2.93. The number of hydrogen-bond donors (Lipinski definition) is 2. The summed E-state index contributed by atoms with van der Waals surface area (Å²) < 4.78 is 1.96. The molecule has 1 heterocycles. The summed E-state index contributed by atoms with van der Waals surface area (Å²) in [6.45, 7) is 5.65. The van der Waals surface area contributed by atoms with Crippen molar-refractivity contribution in [3.63, 3.8) is 0 Å². The average Bonchev–Trinajstić information content (AvgIpc) is 2.79. The van der Waals surface area contributed by atoms with Crippen LogP contribution in [-0.2, 0) is 11.3 Å². The number of amides is 1. The molecular weight excluding hydrogens is 230 g/mol. The van der Waals surface area contributed by atoms with Gasteiger partial charge in [0.1, 0.15) is 0 Å². The van der Waals surface area contributed by atoms with Crippen molar-refractivity contribution < 1.29 is 9.90 Å². The van der Waals surface area contributed by atoms with E-state index in [9.17, 15) is 4.79 Å². The molecule has 0 aliphatic heterocycles. The van der Waals surface area contributed by atoms with Crippen LogP contribution in [0.4, 0.5) is 0 Å². The molecule has 1 amide bonds. The lowest BCUT2D eigenvalue weighted by Crippen LogP contribution is -2.34. The van der Waals surface area contributed by atoms with Gasteiger partial charge in [-0.15, -0.1) is 0 Å². The van der Waals surface area contributed by atoms with E-state index >= 15 is 0 Å². The number of aliphatic hydroxyl groups excluding tert-OH is 1. The molecule has 5 heteroatoms. The Labute approximate surface area is 108 Å². The minimum Gasteiger partial charge on any atom is -0.396 e. The highest BCUT2D eigenvalue weighted by Gasteiger charge is 2.17. The van der Waals surface area contributed by atoms with E-state index in [1.165, 1.54) is 0 Å². The van der Waals surface area contributed by atoms with Gasteiger partial charge in [0.25, 0.3) is 0 Å². The predicted molar refractivity (Wildman–Crippen MR) is 70.0 cm³/mol. The Hall–Kier alpha value is -1.36. The number of nitrogens with zero attached hydrogens (tertiary/aromatic N) is 2. The zero-order chi connectivity index (χ0) is 13.4. The number of aromatic nitrogens is 2. The molecule has 0 saturated heterocycles. The van der Waals surface area contributed by atoms with Crippen molar-refractivity contribution in [3.05, 3.63) is 18.7 Å². The topological polar surface area (TPSA) is 67.2 Å². The Morgan fingerprint density at radius 2 is 2.28 bits per heavy atom. The smallest absolute Gasteiger partial charge is 0.220 e. The van der Waals surface area contributed by atoms with Crippen LogP contribution in [0.25, 0.3) is 0 Å². The van der Waals surface area contributed by atoms with E-state index in [2.05, 4.69) is 10.3 Å². The molecule has 1 aromatic rings. The second-order valence-corrected chi connectivity index (χ2v) is 5.32. The fourth-order valence-corrected chi connectivity index (χ4v) is 1.66. The number of aliphatic hydroxyl groups is 1. The summed E-state index contributed by atoms with van der Waals surface area (Å²) in [5.74, 6) is 0.0705. The molecule has 0 unspecified atom stereocenters. The van der Waals surface area contributed by atoms with Crippen LogP contribution in [0.15, 0.2) is 18.7 Å². The normalized spacial score (nSPS) is 11.5. The van der Waals surface area contributed by atoms with Gasteiger partial charge in [-0.25, -0.2) is 4.98 Å². The summed E-state index contributed by atoms with van der Waals surface area (Å²) in [4.78, 5) is 15.6. The maximum absolute atomic E-state index is 11.6. The molecule has 18 heavy (non-hydrogen) atoms. The fourth-order valence-electron chi connectivity index (χ4n) is 1.66. The van der Waals surface area contributed by atoms with Gasteiger partial charge >= 0.3 is 0 Å². The summed E-state index contributed by atoms with van der Waals surface area (Å²) in [7, 11) is 0. The van der Waals surface area contributed by atoms with E-state index < -0.39 is 0 Å². The van der Waals surface area contributed by atoms with Gasteiger partial charge in [-0.3, -0.25) is 4.79 Å². The lowest BCUT2D eigenvalue weighted by atomic mass is 9.90. The van der Waals surface area contributed by atoms with Gasteiger partial charge in [-0.2, -0.15) is 0 Å². The average molecular weight is 253 g/mol. The third-order valence-electron chi connectivity index (χ3n) is 2.93. The Morgan fingerprint density at radius 3 is 2.89 bits per heavy atom. The van der Waals surface area contributed by atoms with Crippen LogP contribution in [0.3, 0.4) is 0 Å². The van der Waals surface area contributed by atoms with E-state index in [0.717, 1.165) is 13.0 Å². The van der Waals surface area contributed by atoms with Crippen LogP contribution in [0, 0.1) is 5.41 Å². The molecule has 0 aromatic carbocycles. The quantitative estimate of drug-likeness (QED) is 0.731. The number of carbonyl (C=O) groups is 1. The lowest BCUT2D eigenvalue weighted by Gasteiger charge is -2.23. The highest BCUT2D eigenvalue weighted by atomic mass is 16.3. The minimum atomic E-state index is -0.0469. The summed E-state index contributed by atoms with van der Waals surface area (Å²) in [6.07, 6.45) is 7.40. The van der Waals surface area contributed by atoms with E-state index in [1.807, 2.05) is 24.6 Å². The van der Waals surface area contributed by atoms with Gasteiger partial charge in [0.2, 0.25) is 5.91 Å². The summed E-state index contributed by atoms with van der Waals surface area (Å²) >= 11 is 0. The highest BCUT2D eigenvalue weighted by molar-refractivity contribution is 5.75. The fraction of sp³-hybridized carbons (Fsp3) is 0.692. The van der Waals surface area contributed by atoms with Gasteiger partial charge in [-0.1, -0.05) is 13.8 Å². The van der Waals surface area contributed by atoms with Gasteiger partial charge < -0.3 is 15.0 Å². The van der Waals surface area contributed by atoms with Crippen molar-refractivity contribution in [2.45, 2.75) is 39.7 Å². The van der Waals surface area contributed by atoms with Crippen molar-refractivity contribution in [1.29, 1.82) is 0 Å². The van der Waals surface area contributed by atoms with Crippen LogP contribution in [0.5, 0.6) is 0 Å². The van der Waals surface area contributed by atoms with Gasteiger partial charge in [0.15, 0.2) is 0 Å². The van der Waals surface area contributed by atoms with Gasteiger partial charge in [0.05, 0.1) is 6.33 Å². The number of rotatable bonds is 8. The number of hydrogen-bond acceptors (Lipinski definition) is 3. The first kappa shape index (κ1) is 14.7. The first-order valence-electron chi connectivity index (χ1n) is 6.37. The van der Waals surface area contributed by atoms with Crippen LogP contribution >= 0.6 is 0 Å². The second-order valence-electron chi connectivity index (χ2n) is 5.32. The first-order valence-corrected chi connectivity index (χ1v) is 6.37. The molecule has 0 bridgehead atoms. The molecule has 2 N–H and O–H groups in total. The zero-order valence-corrected chi connectivity index (χ0v) is 11.2. The lowest BCUT2D eigenvalue weighted by molar-refractivity contribution is -0.121.